The zero-order valence-electron chi connectivity index (χ0n) is 15.2. The molecule has 4 rings (SSSR count). The molecule has 0 aliphatic rings. The van der Waals surface area contributed by atoms with Crippen molar-refractivity contribution in [3.05, 3.63) is 100 Å². The first-order chi connectivity index (χ1) is 13.6. The van der Waals surface area contributed by atoms with Gasteiger partial charge in [0.1, 0.15) is 0 Å². The zero-order chi connectivity index (χ0) is 19.5. The van der Waals surface area contributed by atoms with E-state index < -0.39 is 0 Å². The maximum atomic E-state index is 12.8. The van der Waals surface area contributed by atoms with Crippen LogP contribution in [0.2, 0.25) is 5.02 Å². The van der Waals surface area contributed by atoms with E-state index in [4.69, 9.17) is 11.6 Å². The van der Waals surface area contributed by atoms with Gasteiger partial charge in [-0.05, 0) is 55.0 Å². The first-order valence-corrected chi connectivity index (χ1v) is 9.27. The molecule has 1 aromatic heterocycles. The third-order valence-electron chi connectivity index (χ3n) is 4.39. The quantitative estimate of drug-likeness (QED) is 0.489. The van der Waals surface area contributed by atoms with Crippen LogP contribution in [0.15, 0.2) is 72.8 Å². The van der Waals surface area contributed by atoms with Crippen molar-refractivity contribution < 1.29 is 4.79 Å². The van der Waals surface area contributed by atoms with Gasteiger partial charge in [-0.3, -0.25) is 4.79 Å². The van der Waals surface area contributed by atoms with E-state index in [9.17, 15) is 4.79 Å². The summed E-state index contributed by atoms with van der Waals surface area (Å²) in [5.41, 5.74) is 4.93. The Labute approximate surface area is 167 Å². The van der Waals surface area contributed by atoms with Crippen molar-refractivity contribution >= 4 is 40.3 Å². The summed E-state index contributed by atoms with van der Waals surface area (Å²) in [7, 11) is 0. The zero-order valence-corrected chi connectivity index (χ0v) is 16.0. The Morgan fingerprint density at radius 3 is 2.43 bits per heavy atom. The number of carbonyl (C=O) groups is 1. The van der Waals surface area contributed by atoms with Crippen LogP contribution in [0.4, 0.5) is 0 Å². The van der Waals surface area contributed by atoms with Crippen molar-refractivity contribution in [3.63, 3.8) is 0 Å². The number of fused-ring (bicyclic) bond motifs is 1. The van der Waals surface area contributed by atoms with Gasteiger partial charge in [-0.25, -0.2) is 4.98 Å². The average Bonchev–Trinajstić information content (AvgIpc) is 3.14. The van der Waals surface area contributed by atoms with Crippen LogP contribution >= 0.6 is 11.6 Å². The minimum atomic E-state index is -0.194. The lowest BCUT2D eigenvalue weighted by molar-refractivity contribution is 0.0973. The van der Waals surface area contributed by atoms with E-state index in [1.54, 1.807) is 0 Å². The minimum Gasteiger partial charge on any atom is -0.337 e. The first kappa shape index (κ1) is 18.0. The lowest BCUT2D eigenvalue weighted by atomic mass is 10.1. The van der Waals surface area contributed by atoms with E-state index in [0.29, 0.717) is 22.1 Å². The molecule has 0 aliphatic carbocycles. The summed E-state index contributed by atoms with van der Waals surface area (Å²) in [4.78, 5) is 20.7. The summed E-state index contributed by atoms with van der Waals surface area (Å²) >= 11 is 5.99. The lowest BCUT2D eigenvalue weighted by Gasteiger charge is -2.09. The van der Waals surface area contributed by atoms with Crippen LogP contribution in [0.5, 0.6) is 0 Å². The number of nitrogens with zero attached hydrogens (tertiary/aromatic N) is 1. The van der Waals surface area contributed by atoms with Gasteiger partial charge in [0.25, 0.3) is 5.91 Å². The van der Waals surface area contributed by atoms with E-state index in [-0.39, 0.29) is 5.91 Å². The number of aryl methyl sites for hydroxylation is 1. The summed E-state index contributed by atoms with van der Waals surface area (Å²) in [6, 6.07) is 22.6. The molecule has 2 N–H and O–H groups in total. The molecule has 0 saturated carbocycles. The molecule has 4 aromatic rings. The maximum absolute atomic E-state index is 12.8. The number of H-pyrrole nitrogens is 1. The van der Waals surface area contributed by atoms with Crippen molar-refractivity contribution in [1.29, 1.82) is 0 Å². The molecule has 0 aliphatic heterocycles. The molecule has 0 bridgehead atoms. The number of aromatic nitrogens is 2. The molecule has 0 unspecified atom stereocenters. The molecule has 28 heavy (non-hydrogen) atoms. The number of hydrogen-bond donors (Lipinski definition) is 2. The Morgan fingerprint density at radius 2 is 1.71 bits per heavy atom. The largest absolute Gasteiger partial charge is 0.337 e. The number of amides is 1. The number of aromatic amines is 1. The highest BCUT2D eigenvalue weighted by Crippen LogP contribution is 2.19. The normalized spacial score (nSPS) is 11.6. The second kappa shape index (κ2) is 7.71. The van der Waals surface area contributed by atoms with Crippen LogP contribution < -0.4 is 5.32 Å². The Hall–Kier alpha value is -3.37. The fraction of sp³-hybridized carbons (Fsp3) is 0.0435. The third-order valence-corrected chi connectivity index (χ3v) is 4.64. The predicted octanol–water partition coefficient (Wildman–Crippen LogP) is 5.45. The molecule has 1 amide bonds. The number of halogens is 1. The van der Waals surface area contributed by atoms with E-state index in [0.717, 1.165) is 22.2 Å². The van der Waals surface area contributed by atoms with Crippen molar-refractivity contribution in [3.8, 4) is 0 Å². The highest BCUT2D eigenvalue weighted by Gasteiger charge is 2.13. The van der Waals surface area contributed by atoms with Gasteiger partial charge in [-0.2, -0.15) is 0 Å². The Morgan fingerprint density at radius 1 is 1.00 bits per heavy atom. The molecule has 4 nitrogen and oxygen atoms in total. The van der Waals surface area contributed by atoms with Gasteiger partial charge in [0.2, 0.25) is 0 Å². The molecule has 0 spiro atoms. The molecule has 0 radical (unpaired) electrons. The van der Waals surface area contributed by atoms with Crippen molar-refractivity contribution in [1.82, 2.24) is 15.3 Å². The van der Waals surface area contributed by atoms with Crippen LogP contribution in [-0.4, -0.2) is 15.9 Å². The van der Waals surface area contributed by atoms with Crippen LogP contribution in [0, 0.1) is 6.92 Å². The highest BCUT2D eigenvalue weighted by molar-refractivity contribution is 6.30. The standard InChI is InChI=1S/C23H18ClN3O/c1-15-6-10-17(11-7-15)23(28)27-21(14-16-8-12-18(24)13-9-16)22-25-19-4-2-3-5-20(19)26-22/h2-14H,1H3,(H,25,26)(H,27,28). The monoisotopic (exact) mass is 387 g/mol. The second-order valence-corrected chi connectivity index (χ2v) is 6.97. The van der Waals surface area contributed by atoms with Gasteiger partial charge in [0, 0.05) is 10.6 Å². The van der Waals surface area contributed by atoms with Crippen LogP contribution in [0.25, 0.3) is 22.8 Å². The molecule has 0 fully saturated rings. The third kappa shape index (κ3) is 3.97. The SMILES string of the molecule is Cc1ccc(C(=O)NC(=Cc2ccc(Cl)cc2)c2nc3ccccc3[nH]2)cc1. The Kier molecular flexibility index (Phi) is 4.96. The van der Waals surface area contributed by atoms with Gasteiger partial charge in [0.05, 0.1) is 16.7 Å². The average molecular weight is 388 g/mol. The van der Waals surface area contributed by atoms with Gasteiger partial charge in [0.15, 0.2) is 5.82 Å². The molecular weight excluding hydrogens is 370 g/mol. The Bertz CT molecular complexity index is 1130. The molecule has 5 heteroatoms. The number of benzene rings is 3. The van der Waals surface area contributed by atoms with Crippen LogP contribution in [0.1, 0.15) is 27.3 Å². The van der Waals surface area contributed by atoms with Gasteiger partial charge >= 0.3 is 0 Å². The molecule has 3 aromatic carbocycles. The number of imidazole rings is 1. The number of para-hydroxylation sites is 2. The summed E-state index contributed by atoms with van der Waals surface area (Å²) in [6.07, 6.45) is 1.88. The van der Waals surface area contributed by atoms with Crippen LogP contribution in [-0.2, 0) is 0 Å². The lowest BCUT2D eigenvalue weighted by Crippen LogP contribution is -2.22. The summed E-state index contributed by atoms with van der Waals surface area (Å²) in [5.74, 6) is 0.400. The first-order valence-electron chi connectivity index (χ1n) is 8.89. The highest BCUT2D eigenvalue weighted by atomic mass is 35.5. The molecule has 138 valence electrons. The number of carbonyl (C=O) groups excluding carboxylic acids is 1. The van der Waals surface area contributed by atoms with E-state index >= 15 is 0 Å². The topological polar surface area (TPSA) is 57.8 Å². The summed E-state index contributed by atoms with van der Waals surface area (Å²) in [5, 5.41) is 3.65. The van der Waals surface area contributed by atoms with Gasteiger partial charge in [-0.1, -0.05) is 53.6 Å². The Balaban J connectivity index is 1.73. The number of nitrogens with one attached hydrogen (secondary N) is 2. The minimum absolute atomic E-state index is 0.194. The number of hydrogen-bond acceptors (Lipinski definition) is 2. The van der Waals surface area contributed by atoms with Gasteiger partial charge in [-0.15, -0.1) is 0 Å². The molecule has 0 atom stereocenters. The van der Waals surface area contributed by atoms with Crippen molar-refractivity contribution in [2.75, 3.05) is 0 Å². The van der Waals surface area contributed by atoms with E-state index in [2.05, 4.69) is 15.3 Å². The summed E-state index contributed by atoms with van der Waals surface area (Å²) in [6.45, 7) is 1.99. The summed E-state index contributed by atoms with van der Waals surface area (Å²) < 4.78 is 0. The maximum Gasteiger partial charge on any atom is 0.255 e. The van der Waals surface area contributed by atoms with Gasteiger partial charge < -0.3 is 10.3 Å². The fourth-order valence-corrected chi connectivity index (χ4v) is 3.00. The predicted molar refractivity (Wildman–Crippen MR) is 114 cm³/mol. The van der Waals surface area contributed by atoms with Crippen molar-refractivity contribution in [2.24, 2.45) is 0 Å². The number of rotatable bonds is 4. The fourth-order valence-electron chi connectivity index (χ4n) is 2.87. The van der Waals surface area contributed by atoms with E-state index in [1.165, 1.54) is 0 Å². The van der Waals surface area contributed by atoms with E-state index in [1.807, 2.05) is 85.8 Å². The second-order valence-electron chi connectivity index (χ2n) is 6.53. The molecule has 1 heterocycles. The smallest absolute Gasteiger partial charge is 0.255 e. The van der Waals surface area contributed by atoms with Crippen molar-refractivity contribution in [2.45, 2.75) is 6.92 Å². The molecular formula is C23H18ClN3O. The van der Waals surface area contributed by atoms with Crippen LogP contribution in [0.3, 0.4) is 0 Å². The molecule has 0 saturated heterocycles.